The molecule has 1 atom stereocenters. The lowest BCUT2D eigenvalue weighted by Crippen LogP contribution is -2.75. The van der Waals surface area contributed by atoms with Gasteiger partial charge in [0.1, 0.15) is 11.1 Å². The molecule has 0 aromatic rings. The quantitative estimate of drug-likeness (QED) is 0.864. The van der Waals surface area contributed by atoms with Gasteiger partial charge in [-0.2, -0.15) is 0 Å². The second-order valence-electron chi connectivity index (χ2n) is 6.97. The van der Waals surface area contributed by atoms with E-state index in [1.165, 1.54) is 6.42 Å². The highest BCUT2D eigenvalue weighted by Crippen LogP contribution is 2.37. The highest BCUT2D eigenvalue weighted by molar-refractivity contribution is 6.02. The predicted octanol–water partition coefficient (Wildman–Crippen LogP) is 2.61. The van der Waals surface area contributed by atoms with E-state index in [4.69, 9.17) is 0 Å². The molecule has 1 aliphatic carbocycles. The first-order valence-electron chi connectivity index (χ1n) is 8.01. The van der Waals surface area contributed by atoms with Crippen LogP contribution in [-0.4, -0.2) is 33.8 Å². The molecule has 20 heavy (non-hydrogen) atoms. The standard InChI is InChI=1S/C16H28N2O2/c1-5-9-12(2)18-14(20)16(10-7-6-8-11-16)17-13(19)15(18,3)4/h12H,5-11H2,1-4H3,(H,17,19). The van der Waals surface area contributed by atoms with Gasteiger partial charge in [0, 0.05) is 6.04 Å². The normalized spacial score (nSPS) is 26.5. The van der Waals surface area contributed by atoms with Gasteiger partial charge in [-0.15, -0.1) is 0 Å². The van der Waals surface area contributed by atoms with Crippen molar-refractivity contribution in [2.24, 2.45) is 0 Å². The Bertz CT molecular complexity index is 397. The first-order chi connectivity index (χ1) is 9.35. The summed E-state index contributed by atoms with van der Waals surface area (Å²) in [6, 6.07) is 0.118. The van der Waals surface area contributed by atoms with Gasteiger partial charge in [-0.3, -0.25) is 9.59 Å². The molecule has 1 saturated heterocycles. The van der Waals surface area contributed by atoms with Crippen LogP contribution in [-0.2, 0) is 9.59 Å². The van der Waals surface area contributed by atoms with E-state index in [-0.39, 0.29) is 17.9 Å². The van der Waals surface area contributed by atoms with Gasteiger partial charge >= 0.3 is 0 Å². The molecular weight excluding hydrogens is 252 g/mol. The minimum atomic E-state index is -0.742. The Labute approximate surface area is 122 Å². The number of carbonyl (C=O) groups excluding carboxylic acids is 2. The van der Waals surface area contributed by atoms with E-state index in [9.17, 15) is 9.59 Å². The highest BCUT2D eigenvalue weighted by Gasteiger charge is 2.55. The van der Waals surface area contributed by atoms with Crippen molar-refractivity contribution in [1.29, 1.82) is 0 Å². The molecule has 1 N–H and O–H groups in total. The molecule has 0 aromatic carbocycles. The molecule has 2 aliphatic rings. The summed E-state index contributed by atoms with van der Waals surface area (Å²) in [4.78, 5) is 27.5. The third-order valence-corrected chi connectivity index (χ3v) is 4.99. The van der Waals surface area contributed by atoms with Gasteiger partial charge in [-0.05, 0) is 40.0 Å². The fraction of sp³-hybridized carbons (Fsp3) is 0.875. The average Bonchev–Trinajstić information content (AvgIpc) is 2.38. The first-order valence-corrected chi connectivity index (χ1v) is 8.01. The van der Waals surface area contributed by atoms with Crippen molar-refractivity contribution in [1.82, 2.24) is 10.2 Å². The number of nitrogens with one attached hydrogen (secondary N) is 1. The molecule has 0 aromatic heterocycles. The van der Waals surface area contributed by atoms with Gasteiger partial charge < -0.3 is 10.2 Å². The molecular formula is C16H28N2O2. The van der Waals surface area contributed by atoms with Gasteiger partial charge in [0.05, 0.1) is 0 Å². The summed E-state index contributed by atoms with van der Waals surface area (Å²) < 4.78 is 0. The van der Waals surface area contributed by atoms with E-state index < -0.39 is 11.1 Å². The van der Waals surface area contributed by atoms with Crippen LogP contribution in [0.15, 0.2) is 0 Å². The first kappa shape index (κ1) is 15.3. The Balaban J connectivity index is 2.34. The van der Waals surface area contributed by atoms with Crippen molar-refractivity contribution in [3.8, 4) is 0 Å². The van der Waals surface area contributed by atoms with Crippen LogP contribution in [0.2, 0.25) is 0 Å². The van der Waals surface area contributed by atoms with Crippen LogP contribution in [0, 0.1) is 0 Å². The molecule has 2 rings (SSSR count). The third kappa shape index (κ3) is 2.33. The number of piperazine rings is 1. The van der Waals surface area contributed by atoms with Crippen LogP contribution in [0.5, 0.6) is 0 Å². The van der Waals surface area contributed by atoms with Gasteiger partial charge in [0.15, 0.2) is 0 Å². The largest absolute Gasteiger partial charge is 0.340 e. The maximum absolute atomic E-state index is 13.1. The Morgan fingerprint density at radius 2 is 1.80 bits per heavy atom. The smallest absolute Gasteiger partial charge is 0.249 e. The van der Waals surface area contributed by atoms with Crippen molar-refractivity contribution in [3.63, 3.8) is 0 Å². The third-order valence-electron chi connectivity index (χ3n) is 4.99. The van der Waals surface area contributed by atoms with E-state index in [1.807, 2.05) is 18.7 Å². The molecule has 1 unspecified atom stereocenters. The number of amides is 2. The molecule has 1 heterocycles. The van der Waals surface area contributed by atoms with Crippen LogP contribution in [0.1, 0.15) is 72.6 Å². The van der Waals surface area contributed by atoms with Crippen LogP contribution in [0.4, 0.5) is 0 Å². The van der Waals surface area contributed by atoms with Crippen molar-refractivity contribution in [2.75, 3.05) is 0 Å². The predicted molar refractivity (Wildman–Crippen MR) is 79.3 cm³/mol. The summed E-state index contributed by atoms with van der Waals surface area (Å²) >= 11 is 0. The topological polar surface area (TPSA) is 49.4 Å². The fourth-order valence-electron chi connectivity index (χ4n) is 3.81. The Morgan fingerprint density at radius 3 is 2.35 bits per heavy atom. The lowest BCUT2D eigenvalue weighted by atomic mass is 9.76. The minimum absolute atomic E-state index is 0.00181. The van der Waals surface area contributed by atoms with E-state index in [1.54, 1.807) is 0 Å². The second kappa shape index (κ2) is 5.38. The molecule has 0 radical (unpaired) electrons. The lowest BCUT2D eigenvalue weighted by Gasteiger charge is -2.53. The molecule has 4 heteroatoms. The number of rotatable bonds is 3. The van der Waals surface area contributed by atoms with Crippen molar-refractivity contribution in [2.45, 2.75) is 89.8 Å². The van der Waals surface area contributed by atoms with E-state index in [0.717, 1.165) is 38.5 Å². The van der Waals surface area contributed by atoms with Crippen molar-refractivity contribution < 1.29 is 9.59 Å². The summed E-state index contributed by atoms with van der Waals surface area (Å²) in [5, 5.41) is 3.07. The molecule has 1 spiro atoms. The summed E-state index contributed by atoms with van der Waals surface area (Å²) in [6.07, 6.45) is 6.78. The molecule has 114 valence electrons. The molecule has 2 fully saturated rings. The highest BCUT2D eigenvalue weighted by atomic mass is 16.2. The maximum Gasteiger partial charge on any atom is 0.249 e. The van der Waals surface area contributed by atoms with Crippen LogP contribution >= 0.6 is 0 Å². The summed E-state index contributed by atoms with van der Waals surface area (Å²) in [5.74, 6) is 0.143. The summed E-state index contributed by atoms with van der Waals surface area (Å²) in [6.45, 7) is 7.91. The Kier molecular flexibility index (Phi) is 4.12. The molecule has 1 aliphatic heterocycles. The second-order valence-corrected chi connectivity index (χ2v) is 6.97. The van der Waals surface area contributed by atoms with E-state index in [2.05, 4.69) is 19.2 Å². The van der Waals surface area contributed by atoms with Crippen LogP contribution in [0.25, 0.3) is 0 Å². The zero-order valence-corrected chi connectivity index (χ0v) is 13.3. The summed E-state index contributed by atoms with van der Waals surface area (Å²) in [7, 11) is 0. The molecule has 1 saturated carbocycles. The molecule has 2 amide bonds. The number of nitrogens with zero attached hydrogens (tertiary/aromatic N) is 1. The average molecular weight is 280 g/mol. The van der Waals surface area contributed by atoms with Gasteiger partial charge in [-0.25, -0.2) is 0 Å². The lowest BCUT2D eigenvalue weighted by molar-refractivity contribution is -0.166. The SMILES string of the molecule is CCCC(C)N1C(=O)C2(CCCCC2)NC(=O)C1(C)C. The van der Waals surface area contributed by atoms with Gasteiger partial charge in [0.2, 0.25) is 11.8 Å². The zero-order valence-electron chi connectivity index (χ0n) is 13.3. The number of hydrogen-bond acceptors (Lipinski definition) is 2. The van der Waals surface area contributed by atoms with Crippen LogP contribution in [0.3, 0.4) is 0 Å². The fourth-order valence-corrected chi connectivity index (χ4v) is 3.81. The van der Waals surface area contributed by atoms with E-state index >= 15 is 0 Å². The van der Waals surface area contributed by atoms with Crippen molar-refractivity contribution >= 4 is 11.8 Å². The minimum Gasteiger partial charge on any atom is -0.340 e. The van der Waals surface area contributed by atoms with Crippen molar-refractivity contribution in [3.05, 3.63) is 0 Å². The number of carbonyl (C=O) groups is 2. The summed E-state index contributed by atoms with van der Waals surface area (Å²) in [5.41, 5.74) is -1.36. The maximum atomic E-state index is 13.1. The molecule has 0 bridgehead atoms. The van der Waals surface area contributed by atoms with Crippen LogP contribution < -0.4 is 5.32 Å². The Morgan fingerprint density at radius 1 is 1.20 bits per heavy atom. The van der Waals surface area contributed by atoms with Gasteiger partial charge in [0.25, 0.3) is 0 Å². The number of hydrogen-bond donors (Lipinski definition) is 1. The monoisotopic (exact) mass is 280 g/mol. The van der Waals surface area contributed by atoms with Gasteiger partial charge in [-0.1, -0.05) is 32.6 Å². The zero-order chi connectivity index (χ0) is 15.0. The molecule has 4 nitrogen and oxygen atoms in total. The van der Waals surface area contributed by atoms with E-state index in [0.29, 0.717) is 0 Å². The Hall–Kier alpha value is -1.06.